The zero-order chi connectivity index (χ0) is 23.8. The summed E-state index contributed by atoms with van der Waals surface area (Å²) in [6.45, 7) is 3.48. The number of aromatic nitrogens is 1. The van der Waals surface area contributed by atoms with Gasteiger partial charge in [-0.25, -0.2) is 4.98 Å². The maximum absolute atomic E-state index is 13.4. The van der Waals surface area contributed by atoms with Gasteiger partial charge in [-0.1, -0.05) is 61.4 Å². The molecule has 1 aliphatic carbocycles. The highest BCUT2D eigenvalue weighted by atomic mass is 32.2. The molecule has 0 spiro atoms. The van der Waals surface area contributed by atoms with Crippen molar-refractivity contribution in [2.75, 3.05) is 18.0 Å². The van der Waals surface area contributed by atoms with Crippen LogP contribution in [-0.4, -0.2) is 45.2 Å². The van der Waals surface area contributed by atoms with Crippen molar-refractivity contribution in [3.05, 3.63) is 40.3 Å². The van der Waals surface area contributed by atoms with Gasteiger partial charge < -0.3 is 10.6 Å². The predicted octanol–water partition coefficient (Wildman–Crippen LogP) is 4.78. The summed E-state index contributed by atoms with van der Waals surface area (Å²) >= 11 is 7.04. The minimum absolute atomic E-state index is 0.0182. The Morgan fingerprint density at radius 2 is 1.91 bits per heavy atom. The second kappa shape index (κ2) is 9.66. The summed E-state index contributed by atoms with van der Waals surface area (Å²) < 4.78 is 0.663. The molecule has 2 aliphatic heterocycles. The van der Waals surface area contributed by atoms with Crippen molar-refractivity contribution >= 4 is 62.9 Å². The quantitative estimate of drug-likeness (QED) is 0.487. The van der Waals surface area contributed by atoms with E-state index in [-0.39, 0.29) is 23.8 Å². The maximum Gasteiger partial charge on any atom is 0.266 e. The first-order valence-electron chi connectivity index (χ1n) is 12.1. The van der Waals surface area contributed by atoms with E-state index in [4.69, 9.17) is 22.9 Å². The van der Waals surface area contributed by atoms with Crippen LogP contribution in [0.1, 0.15) is 56.1 Å². The first kappa shape index (κ1) is 23.3. The Kier molecular flexibility index (Phi) is 6.62. The normalized spacial score (nSPS) is 21.7. The summed E-state index contributed by atoms with van der Waals surface area (Å²) in [5.41, 5.74) is 8.54. The number of anilines is 1. The fourth-order valence-corrected chi connectivity index (χ4v) is 6.76. The lowest BCUT2D eigenvalue weighted by atomic mass is 9.94. The van der Waals surface area contributed by atoms with Crippen LogP contribution in [0.15, 0.2) is 29.2 Å². The number of carbonyl (C=O) groups is 2. The molecule has 0 unspecified atom stereocenters. The Hall–Kier alpha value is -2.45. The third-order valence-electron chi connectivity index (χ3n) is 7.30. The Morgan fingerprint density at radius 3 is 2.62 bits per heavy atom. The smallest absolute Gasteiger partial charge is 0.266 e. The molecule has 3 aliphatic rings. The third kappa shape index (κ3) is 4.45. The Labute approximate surface area is 209 Å². The molecular weight excluding hydrogens is 464 g/mol. The number of pyridine rings is 1. The highest BCUT2D eigenvalue weighted by Crippen LogP contribution is 2.39. The summed E-state index contributed by atoms with van der Waals surface area (Å²) in [4.78, 5) is 34.9. The van der Waals surface area contributed by atoms with E-state index >= 15 is 0 Å². The second-order valence-corrected chi connectivity index (χ2v) is 11.2. The summed E-state index contributed by atoms with van der Waals surface area (Å²) in [6, 6.07) is 8.50. The Bertz CT molecular complexity index is 1180. The standard InChI is InChI=1S/C26H30N4O2S2/c1-16-6-5-7-18-14-19(24(28-22(16)18)29-12-10-17(11-13-29)23(27)31)15-21-25(32)30(26(33)34-21)20-8-3-2-4-9-20/h5-7,14-15,17,20H,2-4,8-13H2,1H3,(H2,27,31)/b21-15-. The van der Waals surface area contributed by atoms with Crippen molar-refractivity contribution < 1.29 is 9.59 Å². The molecule has 2 N–H and O–H groups in total. The van der Waals surface area contributed by atoms with Crippen molar-refractivity contribution in [2.45, 2.75) is 57.9 Å². The molecule has 3 fully saturated rings. The molecule has 2 saturated heterocycles. The molecule has 1 saturated carbocycles. The number of hydrogen-bond acceptors (Lipinski definition) is 6. The van der Waals surface area contributed by atoms with E-state index in [9.17, 15) is 9.59 Å². The summed E-state index contributed by atoms with van der Waals surface area (Å²) in [5, 5.41) is 1.05. The molecule has 0 atom stereocenters. The molecular formula is C26H30N4O2S2. The number of benzene rings is 1. The van der Waals surface area contributed by atoms with Crippen LogP contribution in [0.3, 0.4) is 0 Å². The van der Waals surface area contributed by atoms with Crippen LogP contribution in [0.2, 0.25) is 0 Å². The zero-order valence-electron chi connectivity index (χ0n) is 19.5. The third-order valence-corrected chi connectivity index (χ3v) is 8.63. The summed E-state index contributed by atoms with van der Waals surface area (Å²) in [7, 11) is 0. The minimum Gasteiger partial charge on any atom is -0.369 e. The first-order valence-corrected chi connectivity index (χ1v) is 13.4. The largest absolute Gasteiger partial charge is 0.369 e. The zero-order valence-corrected chi connectivity index (χ0v) is 21.1. The van der Waals surface area contributed by atoms with Gasteiger partial charge in [-0.2, -0.15) is 0 Å². The van der Waals surface area contributed by atoms with E-state index in [0.717, 1.165) is 53.5 Å². The van der Waals surface area contributed by atoms with Crippen LogP contribution in [0.4, 0.5) is 5.82 Å². The van der Waals surface area contributed by atoms with Crippen molar-refractivity contribution in [1.29, 1.82) is 0 Å². The lowest BCUT2D eigenvalue weighted by Gasteiger charge is -2.32. The van der Waals surface area contributed by atoms with Crippen molar-refractivity contribution in [1.82, 2.24) is 9.88 Å². The molecule has 178 valence electrons. The molecule has 3 heterocycles. The number of amides is 2. The van der Waals surface area contributed by atoms with Gasteiger partial charge in [0.15, 0.2) is 0 Å². The molecule has 0 radical (unpaired) electrons. The van der Waals surface area contributed by atoms with Crippen LogP contribution in [0.25, 0.3) is 17.0 Å². The number of rotatable bonds is 4. The van der Waals surface area contributed by atoms with Gasteiger partial charge in [0.25, 0.3) is 5.91 Å². The molecule has 34 heavy (non-hydrogen) atoms. The Morgan fingerprint density at radius 1 is 1.18 bits per heavy atom. The van der Waals surface area contributed by atoms with E-state index in [1.165, 1.54) is 18.2 Å². The van der Waals surface area contributed by atoms with Crippen LogP contribution in [0.5, 0.6) is 0 Å². The van der Waals surface area contributed by atoms with E-state index in [1.807, 2.05) is 17.0 Å². The van der Waals surface area contributed by atoms with Gasteiger partial charge in [-0.05, 0) is 50.3 Å². The average molecular weight is 495 g/mol. The average Bonchev–Trinajstić information content (AvgIpc) is 3.12. The number of thioether (sulfide) groups is 1. The number of thiocarbonyl (C=S) groups is 1. The number of aryl methyl sites for hydroxylation is 1. The van der Waals surface area contributed by atoms with Crippen molar-refractivity contribution in [2.24, 2.45) is 11.7 Å². The van der Waals surface area contributed by atoms with Crippen molar-refractivity contribution in [3.8, 4) is 0 Å². The van der Waals surface area contributed by atoms with Crippen LogP contribution < -0.4 is 10.6 Å². The lowest BCUT2D eigenvalue weighted by Crippen LogP contribution is -2.39. The highest BCUT2D eigenvalue weighted by molar-refractivity contribution is 8.26. The topological polar surface area (TPSA) is 79.5 Å². The number of nitrogens with zero attached hydrogens (tertiary/aromatic N) is 3. The van der Waals surface area contributed by atoms with E-state index in [1.54, 1.807) is 0 Å². The van der Waals surface area contributed by atoms with Crippen LogP contribution >= 0.6 is 24.0 Å². The van der Waals surface area contributed by atoms with Gasteiger partial charge in [-0.3, -0.25) is 14.5 Å². The molecule has 1 aromatic heterocycles. The molecule has 0 bridgehead atoms. The SMILES string of the molecule is Cc1cccc2cc(/C=C3\SC(=S)N(C4CCCCC4)C3=O)c(N3CCC(C(N)=O)CC3)nc12. The fourth-order valence-electron chi connectivity index (χ4n) is 5.36. The summed E-state index contributed by atoms with van der Waals surface area (Å²) in [5.74, 6) is 0.555. The molecule has 8 heteroatoms. The monoisotopic (exact) mass is 494 g/mol. The maximum atomic E-state index is 13.4. The number of nitrogens with two attached hydrogens (primary N) is 1. The number of piperidine rings is 1. The number of hydrogen-bond donors (Lipinski definition) is 1. The van der Waals surface area contributed by atoms with Gasteiger partial charge in [0.1, 0.15) is 10.1 Å². The lowest BCUT2D eigenvalue weighted by molar-refractivity contribution is -0.124. The van der Waals surface area contributed by atoms with Gasteiger partial charge >= 0.3 is 0 Å². The Balaban J connectivity index is 1.51. The number of fused-ring (bicyclic) bond motifs is 1. The van der Waals surface area contributed by atoms with Gasteiger partial charge in [0, 0.05) is 36.0 Å². The predicted molar refractivity (Wildman–Crippen MR) is 142 cm³/mol. The van der Waals surface area contributed by atoms with Crippen molar-refractivity contribution in [3.63, 3.8) is 0 Å². The van der Waals surface area contributed by atoms with E-state index in [2.05, 4.69) is 30.0 Å². The van der Waals surface area contributed by atoms with Gasteiger partial charge in [-0.15, -0.1) is 0 Å². The highest BCUT2D eigenvalue weighted by Gasteiger charge is 2.37. The second-order valence-electron chi connectivity index (χ2n) is 9.56. The van der Waals surface area contributed by atoms with Gasteiger partial charge in [0.05, 0.1) is 10.4 Å². The van der Waals surface area contributed by atoms with Crippen LogP contribution in [0, 0.1) is 12.8 Å². The first-order chi connectivity index (χ1) is 16.4. The van der Waals surface area contributed by atoms with E-state index in [0.29, 0.717) is 35.2 Å². The minimum atomic E-state index is -0.228. The molecule has 2 aromatic rings. The van der Waals surface area contributed by atoms with E-state index < -0.39 is 0 Å². The molecule has 1 aromatic carbocycles. The van der Waals surface area contributed by atoms with Gasteiger partial charge in [0.2, 0.25) is 5.91 Å². The van der Waals surface area contributed by atoms with Crippen LogP contribution in [-0.2, 0) is 9.59 Å². The molecule has 6 nitrogen and oxygen atoms in total. The molecule has 5 rings (SSSR count). The number of primary amides is 1. The number of carbonyl (C=O) groups excluding carboxylic acids is 2. The molecule has 2 amide bonds. The summed E-state index contributed by atoms with van der Waals surface area (Å²) in [6.07, 6.45) is 8.98. The number of para-hydroxylation sites is 1. The fraction of sp³-hybridized carbons (Fsp3) is 0.462.